The topological polar surface area (TPSA) is 27.7 Å². The first kappa shape index (κ1) is 14.5. The Bertz CT molecular complexity index is 140. The second kappa shape index (κ2) is 11.5. The van der Waals surface area contributed by atoms with Crippen molar-refractivity contribution < 1.29 is 14.2 Å². The maximum Gasteiger partial charge on any atom is 0.157 e. The van der Waals surface area contributed by atoms with Gasteiger partial charge in [-0.25, -0.2) is 0 Å². The Hall–Kier alpha value is -0.540. The molecule has 0 saturated carbocycles. The first-order chi connectivity index (χ1) is 7.35. The van der Waals surface area contributed by atoms with E-state index in [4.69, 9.17) is 14.2 Å². The molecule has 0 heterocycles. The largest absolute Gasteiger partial charge is 0.502 e. The molecule has 0 aromatic rings. The predicted molar refractivity (Wildman–Crippen MR) is 61.7 cm³/mol. The minimum atomic E-state index is -0.0706. The van der Waals surface area contributed by atoms with E-state index in [-0.39, 0.29) is 6.29 Å². The fraction of sp³-hybridized carbons (Fsp3) is 0.833. The van der Waals surface area contributed by atoms with E-state index in [9.17, 15) is 0 Å². The Labute approximate surface area is 93.4 Å². The van der Waals surface area contributed by atoms with Crippen LogP contribution in [0.5, 0.6) is 0 Å². The first-order valence-electron chi connectivity index (χ1n) is 5.84. The van der Waals surface area contributed by atoms with Crippen molar-refractivity contribution in [2.75, 3.05) is 19.8 Å². The van der Waals surface area contributed by atoms with Gasteiger partial charge in [-0.2, -0.15) is 0 Å². The van der Waals surface area contributed by atoms with E-state index < -0.39 is 0 Å². The van der Waals surface area contributed by atoms with Crippen LogP contribution in [0.1, 0.15) is 40.0 Å². The molecule has 0 radical (unpaired) electrons. The minimum absolute atomic E-state index is 0.0706. The van der Waals surface area contributed by atoms with Gasteiger partial charge in [-0.05, 0) is 26.7 Å². The van der Waals surface area contributed by atoms with E-state index in [1.807, 2.05) is 19.9 Å². The maximum absolute atomic E-state index is 5.41. The van der Waals surface area contributed by atoms with Gasteiger partial charge in [0.1, 0.15) is 0 Å². The lowest BCUT2D eigenvalue weighted by Crippen LogP contribution is -2.17. The highest BCUT2D eigenvalue weighted by Crippen LogP contribution is 2.04. The van der Waals surface area contributed by atoms with Gasteiger partial charge >= 0.3 is 0 Å². The monoisotopic (exact) mass is 216 g/mol. The van der Waals surface area contributed by atoms with Crippen molar-refractivity contribution in [3.63, 3.8) is 0 Å². The summed E-state index contributed by atoms with van der Waals surface area (Å²) in [6, 6.07) is 0. The third-order valence-corrected chi connectivity index (χ3v) is 1.84. The van der Waals surface area contributed by atoms with E-state index >= 15 is 0 Å². The highest BCUT2D eigenvalue weighted by atomic mass is 16.7. The number of allylic oxidation sites excluding steroid dienone is 1. The summed E-state index contributed by atoms with van der Waals surface area (Å²) in [5, 5.41) is 0. The lowest BCUT2D eigenvalue weighted by molar-refractivity contribution is -0.141. The number of ether oxygens (including phenoxy) is 3. The van der Waals surface area contributed by atoms with Crippen LogP contribution < -0.4 is 0 Å². The van der Waals surface area contributed by atoms with Crippen molar-refractivity contribution in [2.45, 2.75) is 46.3 Å². The number of hydrogen-bond donors (Lipinski definition) is 0. The molecule has 0 atom stereocenters. The first-order valence-corrected chi connectivity index (χ1v) is 5.84. The lowest BCUT2D eigenvalue weighted by atomic mass is 10.3. The van der Waals surface area contributed by atoms with Crippen LogP contribution in [0.2, 0.25) is 0 Å². The third-order valence-electron chi connectivity index (χ3n) is 1.84. The lowest BCUT2D eigenvalue weighted by Gasteiger charge is -2.16. The summed E-state index contributed by atoms with van der Waals surface area (Å²) in [5.74, 6) is 0. The standard InChI is InChI=1S/C12H24O3/c1-4-7-10-13-11-8-9-12(14-5-2)15-6-3/h7,10,12H,4-6,8-9,11H2,1-3H3. The van der Waals surface area contributed by atoms with Crippen LogP contribution >= 0.6 is 0 Å². The van der Waals surface area contributed by atoms with Gasteiger partial charge in [-0.3, -0.25) is 0 Å². The molecule has 0 unspecified atom stereocenters. The molecule has 0 fully saturated rings. The van der Waals surface area contributed by atoms with Crippen molar-refractivity contribution in [3.8, 4) is 0 Å². The molecule has 0 amide bonds. The molecule has 0 saturated heterocycles. The van der Waals surface area contributed by atoms with E-state index in [1.54, 1.807) is 6.26 Å². The summed E-state index contributed by atoms with van der Waals surface area (Å²) in [5.41, 5.74) is 0. The van der Waals surface area contributed by atoms with E-state index in [0.29, 0.717) is 13.2 Å². The van der Waals surface area contributed by atoms with Crippen LogP contribution in [0.25, 0.3) is 0 Å². The third kappa shape index (κ3) is 9.76. The molecule has 0 aliphatic carbocycles. The maximum atomic E-state index is 5.41. The zero-order valence-electron chi connectivity index (χ0n) is 10.2. The number of hydrogen-bond acceptors (Lipinski definition) is 3. The van der Waals surface area contributed by atoms with Crippen LogP contribution in [0.3, 0.4) is 0 Å². The van der Waals surface area contributed by atoms with Crippen LogP contribution in [0, 0.1) is 0 Å². The Morgan fingerprint density at radius 3 is 2.27 bits per heavy atom. The highest BCUT2D eigenvalue weighted by molar-refractivity contribution is 4.70. The molecule has 90 valence electrons. The molecule has 15 heavy (non-hydrogen) atoms. The predicted octanol–water partition coefficient (Wildman–Crippen LogP) is 3.11. The van der Waals surface area contributed by atoms with Crippen molar-refractivity contribution in [1.82, 2.24) is 0 Å². The molecular weight excluding hydrogens is 192 g/mol. The van der Waals surface area contributed by atoms with Crippen LogP contribution in [0.15, 0.2) is 12.3 Å². The van der Waals surface area contributed by atoms with Crippen molar-refractivity contribution in [3.05, 3.63) is 12.3 Å². The van der Waals surface area contributed by atoms with Crippen LogP contribution in [-0.4, -0.2) is 26.1 Å². The van der Waals surface area contributed by atoms with Crippen molar-refractivity contribution >= 4 is 0 Å². The quantitative estimate of drug-likeness (QED) is 0.319. The van der Waals surface area contributed by atoms with Crippen LogP contribution in [-0.2, 0) is 14.2 Å². The van der Waals surface area contributed by atoms with Crippen molar-refractivity contribution in [1.29, 1.82) is 0 Å². The Morgan fingerprint density at radius 2 is 1.73 bits per heavy atom. The van der Waals surface area contributed by atoms with E-state index in [0.717, 1.165) is 25.9 Å². The van der Waals surface area contributed by atoms with Gasteiger partial charge in [0.05, 0.1) is 12.9 Å². The summed E-state index contributed by atoms with van der Waals surface area (Å²) in [6.45, 7) is 8.16. The summed E-state index contributed by atoms with van der Waals surface area (Å²) >= 11 is 0. The second-order valence-electron chi connectivity index (χ2n) is 3.13. The van der Waals surface area contributed by atoms with Crippen LogP contribution in [0.4, 0.5) is 0 Å². The van der Waals surface area contributed by atoms with Gasteiger partial charge in [0, 0.05) is 19.6 Å². The molecule has 0 bridgehead atoms. The summed E-state index contributed by atoms with van der Waals surface area (Å²) in [6.07, 6.45) is 6.55. The average Bonchev–Trinajstić information content (AvgIpc) is 2.24. The van der Waals surface area contributed by atoms with Gasteiger partial charge in [-0.15, -0.1) is 0 Å². The molecule has 0 spiro atoms. The van der Waals surface area contributed by atoms with Gasteiger partial charge in [0.2, 0.25) is 0 Å². The summed E-state index contributed by atoms with van der Waals surface area (Å²) in [4.78, 5) is 0. The van der Waals surface area contributed by atoms with E-state index in [1.165, 1.54) is 0 Å². The summed E-state index contributed by atoms with van der Waals surface area (Å²) < 4.78 is 16.1. The second-order valence-corrected chi connectivity index (χ2v) is 3.13. The molecule has 3 heteroatoms. The normalized spacial score (nSPS) is 11.5. The molecule has 0 aliphatic rings. The fourth-order valence-electron chi connectivity index (χ4n) is 1.15. The minimum Gasteiger partial charge on any atom is -0.502 e. The van der Waals surface area contributed by atoms with Gasteiger partial charge in [-0.1, -0.05) is 13.0 Å². The van der Waals surface area contributed by atoms with Gasteiger partial charge in [0.15, 0.2) is 6.29 Å². The smallest absolute Gasteiger partial charge is 0.157 e. The highest BCUT2D eigenvalue weighted by Gasteiger charge is 2.06. The Kier molecular flexibility index (Phi) is 11.1. The van der Waals surface area contributed by atoms with Crippen molar-refractivity contribution in [2.24, 2.45) is 0 Å². The Balaban J connectivity index is 3.39. The zero-order valence-corrected chi connectivity index (χ0v) is 10.2. The van der Waals surface area contributed by atoms with Gasteiger partial charge < -0.3 is 14.2 Å². The number of rotatable bonds is 10. The molecule has 0 aliphatic heterocycles. The average molecular weight is 216 g/mol. The molecular formula is C12H24O3. The molecule has 0 aromatic heterocycles. The Morgan fingerprint density at radius 1 is 1.07 bits per heavy atom. The SMILES string of the molecule is CCC=COCCCC(OCC)OCC. The molecule has 0 rings (SSSR count). The zero-order chi connectivity index (χ0) is 11.4. The molecule has 3 nitrogen and oxygen atoms in total. The van der Waals surface area contributed by atoms with Gasteiger partial charge in [0.25, 0.3) is 0 Å². The van der Waals surface area contributed by atoms with E-state index in [2.05, 4.69) is 6.92 Å². The molecule has 0 N–H and O–H groups in total. The molecule has 0 aromatic carbocycles. The fourth-order valence-corrected chi connectivity index (χ4v) is 1.15. The summed E-state index contributed by atoms with van der Waals surface area (Å²) in [7, 11) is 0.